The summed E-state index contributed by atoms with van der Waals surface area (Å²) in [6, 6.07) is 15.3. The van der Waals surface area contributed by atoms with E-state index in [1.165, 1.54) is 5.69 Å². The molecule has 1 heterocycles. The fourth-order valence-electron chi connectivity index (χ4n) is 2.57. The van der Waals surface area contributed by atoms with Gasteiger partial charge in [-0.25, -0.2) is 0 Å². The van der Waals surface area contributed by atoms with Crippen LogP contribution in [0.25, 0.3) is 0 Å². The van der Waals surface area contributed by atoms with Gasteiger partial charge in [-0.05, 0) is 29.8 Å². The minimum absolute atomic E-state index is 0.159. The molecule has 3 rings (SSSR count). The van der Waals surface area contributed by atoms with Gasteiger partial charge in [0.05, 0.1) is 23.8 Å². The lowest BCUT2D eigenvalue weighted by atomic mass is 10.1. The number of hydrogen-bond acceptors (Lipinski definition) is 3. The lowest BCUT2D eigenvalue weighted by Crippen LogP contribution is -2.36. The molecule has 0 bridgehead atoms. The minimum atomic E-state index is -0.159. The van der Waals surface area contributed by atoms with Gasteiger partial charge in [0, 0.05) is 25.3 Å². The maximum Gasteiger partial charge on any atom is 0.253 e. The monoisotopic (exact) mass is 330 g/mol. The number of ether oxygens (including phenoxy) is 1. The molecule has 0 radical (unpaired) electrons. The first-order chi connectivity index (χ1) is 11.2. The van der Waals surface area contributed by atoms with E-state index in [9.17, 15) is 4.79 Å². The molecule has 23 heavy (non-hydrogen) atoms. The molecule has 120 valence electrons. The Bertz CT molecular complexity index is 667. The van der Waals surface area contributed by atoms with Crippen molar-refractivity contribution in [2.75, 3.05) is 31.2 Å². The molecule has 0 saturated carbocycles. The Balaban J connectivity index is 1.58. The highest BCUT2D eigenvalue weighted by Gasteiger charge is 2.11. The lowest BCUT2D eigenvalue weighted by molar-refractivity contribution is 0.0951. The third-order valence-corrected chi connectivity index (χ3v) is 4.21. The number of carbonyl (C=O) groups is 1. The Morgan fingerprint density at radius 3 is 2.48 bits per heavy atom. The van der Waals surface area contributed by atoms with E-state index in [0.29, 0.717) is 17.1 Å². The summed E-state index contributed by atoms with van der Waals surface area (Å²) in [5.41, 5.74) is 2.75. The molecule has 0 atom stereocenters. The van der Waals surface area contributed by atoms with Crippen LogP contribution in [0.3, 0.4) is 0 Å². The molecule has 1 N–H and O–H groups in total. The third-order valence-electron chi connectivity index (χ3n) is 3.88. The molecule has 0 spiro atoms. The first kappa shape index (κ1) is 15.8. The number of benzene rings is 2. The number of amides is 1. The van der Waals surface area contributed by atoms with Crippen molar-refractivity contribution in [1.82, 2.24) is 5.32 Å². The van der Waals surface area contributed by atoms with E-state index >= 15 is 0 Å². The SMILES string of the molecule is O=C(NCc1ccc(N2CCOCC2)cc1)c1ccccc1Cl. The van der Waals surface area contributed by atoms with E-state index in [0.717, 1.165) is 31.9 Å². The summed E-state index contributed by atoms with van der Waals surface area (Å²) in [6.45, 7) is 3.86. The predicted molar refractivity (Wildman–Crippen MR) is 92.1 cm³/mol. The highest BCUT2D eigenvalue weighted by molar-refractivity contribution is 6.33. The molecule has 1 saturated heterocycles. The van der Waals surface area contributed by atoms with Gasteiger partial charge in [-0.2, -0.15) is 0 Å². The van der Waals surface area contributed by atoms with Gasteiger partial charge in [0.2, 0.25) is 0 Å². The quantitative estimate of drug-likeness (QED) is 0.936. The van der Waals surface area contributed by atoms with Gasteiger partial charge < -0.3 is 15.0 Å². The smallest absolute Gasteiger partial charge is 0.253 e. The maximum atomic E-state index is 12.1. The molecule has 2 aromatic carbocycles. The summed E-state index contributed by atoms with van der Waals surface area (Å²) in [5.74, 6) is -0.159. The Morgan fingerprint density at radius 2 is 1.78 bits per heavy atom. The molecule has 4 nitrogen and oxygen atoms in total. The molecule has 0 unspecified atom stereocenters. The van der Waals surface area contributed by atoms with Gasteiger partial charge in [0.25, 0.3) is 5.91 Å². The molecule has 1 aliphatic rings. The average molecular weight is 331 g/mol. The summed E-state index contributed by atoms with van der Waals surface area (Å²) in [6.07, 6.45) is 0. The molecule has 1 aliphatic heterocycles. The highest BCUT2D eigenvalue weighted by atomic mass is 35.5. The van der Waals surface area contributed by atoms with Crippen molar-refractivity contribution in [3.8, 4) is 0 Å². The first-order valence-electron chi connectivity index (χ1n) is 7.68. The summed E-state index contributed by atoms with van der Waals surface area (Å²) >= 11 is 6.03. The zero-order valence-corrected chi connectivity index (χ0v) is 13.6. The Morgan fingerprint density at radius 1 is 1.09 bits per heavy atom. The molecule has 1 amide bonds. The molecule has 5 heteroatoms. The van der Waals surface area contributed by atoms with E-state index in [1.54, 1.807) is 18.2 Å². The van der Waals surface area contributed by atoms with Gasteiger partial charge >= 0.3 is 0 Å². The van der Waals surface area contributed by atoms with Gasteiger partial charge in [-0.1, -0.05) is 35.9 Å². The van der Waals surface area contributed by atoms with Crippen molar-refractivity contribution < 1.29 is 9.53 Å². The molecule has 1 fully saturated rings. The van der Waals surface area contributed by atoms with Gasteiger partial charge in [0.15, 0.2) is 0 Å². The van der Waals surface area contributed by atoms with E-state index in [4.69, 9.17) is 16.3 Å². The molecule has 0 aromatic heterocycles. The Labute approximate surface area is 141 Å². The summed E-state index contributed by atoms with van der Waals surface area (Å²) in [7, 11) is 0. The van der Waals surface area contributed by atoms with Crippen molar-refractivity contribution in [2.24, 2.45) is 0 Å². The van der Waals surface area contributed by atoms with Crippen molar-refractivity contribution in [1.29, 1.82) is 0 Å². The number of morpholine rings is 1. The zero-order valence-electron chi connectivity index (χ0n) is 12.8. The molecular weight excluding hydrogens is 312 g/mol. The van der Waals surface area contributed by atoms with Crippen LogP contribution < -0.4 is 10.2 Å². The second-order valence-electron chi connectivity index (χ2n) is 5.43. The average Bonchev–Trinajstić information content (AvgIpc) is 2.61. The second kappa shape index (κ2) is 7.49. The number of carbonyl (C=O) groups excluding carboxylic acids is 1. The maximum absolute atomic E-state index is 12.1. The van der Waals surface area contributed by atoms with Crippen molar-refractivity contribution in [3.05, 3.63) is 64.7 Å². The van der Waals surface area contributed by atoms with Crippen LogP contribution in [-0.4, -0.2) is 32.2 Å². The van der Waals surface area contributed by atoms with E-state index in [1.807, 2.05) is 18.2 Å². The lowest BCUT2D eigenvalue weighted by Gasteiger charge is -2.28. The van der Waals surface area contributed by atoms with Crippen molar-refractivity contribution in [2.45, 2.75) is 6.54 Å². The molecular formula is C18H19ClN2O2. The number of anilines is 1. The first-order valence-corrected chi connectivity index (χ1v) is 8.06. The fraction of sp³-hybridized carbons (Fsp3) is 0.278. The number of nitrogens with zero attached hydrogens (tertiary/aromatic N) is 1. The van der Waals surface area contributed by atoms with Gasteiger partial charge in [-0.15, -0.1) is 0 Å². The minimum Gasteiger partial charge on any atom is -0.378 e. The van der Waals surface area contributed by atoms with Crippen LogP contribution in [0.4, 0.5) is 5.69 Å². The predicted octanol–water partition coefficient (Wildman–Crippen LogP) is 3.11. The molecule has 2 aromatic rings. The highest BCUT2D eigenvalue weighted by Crippen LogP contribution is 2.17. The topological polar surface area (TPSA) is 41.6 Å². The largest absolute Gasteiger partial charge is 0.378 e. The summed E-state index contributed by atoms with van der Waals surface area (Å²) in [4.78, 5) is 14.4. The Kier molecular flexibility index (Phi) is 5.16. The van der Waals surface area contributed by atoms with E-state index < -0.39 is 0 Å². The van der Waals surface area contributed by atoms with Crippen LogP contribution >= 0.6 is 11.6 Å². The van der Waals surface area contributed by atoms with Crippen LogP contribution in [0.5, 0.6) is 0 Å². The van der Waals surface area contributed by atoms with Crippen LogP contribution in [-0.2, 0) is 11.3 Å². The number of nitrogens with one attached hydrogen (secondary N) is 1. The zero-order chi connectivity index (χ0) is 16.1. The van der Waals surface area contributed by atoms with Crippen LogP contribution in [0.2, 0.25) is 5.02 Å². The van der Waals surface area contributed by atoms with Gasteiger partial charge in [-0.3, -0.25) is 4.79 Å². The third kappa shape index (κ3) is 4.03. The van der Waals surface area contributed by atoms with Crippen LogP contribution in [0.1, 0.15) is 15.9 Å². The summed E-state index contributed by atoms with van der Waals surface area (Å²) in [5, 5.41) is 3.36. The number of hydrogen-bond donors (Lipinski definition) is 1. The number of halogens is 1. The van der Waals surface area contributed by atoms with Crippen molar-refractivity contribution in [3.63, 3.8) is 0 Å². The molecule has 0 aliphatic carbocycles. The van der Waals surface area contributed by atoms with Crippen LogP contribution in [0, 0.1) is 0 Å². The second-order valence-corrected chi connectivity index (χ2v) is 5.84. The standard InChI is InChI=1S/C18H19ClN2O2/c19-17-4-2-1-3-16(17)18(22)20-13-14-5-7-15(8-6-14)21-9-11-23-12-10-21/h1-8H,9-13H2,(H,20,22). The van der Waals surface area contributed by atoms with Gasteiger partial charge in [0.1, 0.15) is 0 Å². The van der Waals surface area contributed by atoms with Crippen molar-refractivity contribution >= 4 is 23.2 Å². The van der Waals surface area contributed by atoms with E-state index in [2.05, 4.69) is 22.3 Å². The van der Waals surface area contributed by atoms with E-state index in [-0.39, 0.29) is 5.91 Å². The summed E-state index contributed by atoms with van der Waals surface area (Å²) < 4.78 is 5.36. The van der Waals surface area contributed by atoms with Crippen LogP contribution in [0.15, 0.2) is 48.5 Å². The fourth-order valence-corrected chi connectivity index (χ4v) is 2.79. The Hall–Kier alpha value is -2.04. The number of rotatable bonds is 4. The normalized spacial score (nSPS) is 14.6.